The molecule has 3 aliphatic carbocycles. The van der Waals surface area contributed by atoms with E-state index >= 15 is 0 Å². The zero-order valence-corrected chi connectivity index (χ0v) is 19.7. The van der Waals surface area contributed by atoms with Crippen molar-refractivity contribution in [2.24, 2.45) is 11.8 Å². The second-order valence-corrected chi connectivity index (χ2v) is 11.6. The maximum absolute atomic E-state index is 10.8. The molecule has 0 aromatic carbocycles. The summed E-state index contributed by atoms with van der Waals surface area (Å²) in [5.41, 5.74) is 1.52. The first kappa shape index (κ1) is 21.9. The van der Waals surface area contributed by atoms with Gasteiger partial charge in [-0.1, -0.05) is 36.9 Å². The molecule has 0 unspecified atom stereocenters. The van der Waals surface area contributed by atoms with Crippen LogP contribution in [-0.2, 0) is 4.79 Å². The van der Waals surface area contributed by atoms with Crippen LogP contribution in [0.15, 0.2) is 15.7 Å². The molecule has 0 atom stereocenters. The molecule has 4 rings (SSSR count). The predicted octanol–water partition coefficient (Wildman–Crippen LogP) is 5.59. The molecule has 0 saturated heterocycles. The monoisotopic (exact) mass is 450 g/mol. The van der Waals surface area contributed by atoms with E-state index in [1.807, 2.05) is 0 Å². The van der Waals surface area contributed by atoms with Gasteiger partial charge in [0.15, 0.2) is 4.34 Å². The number of carbonyl (C=O) groups is 1. The first-order valence-corrected chi connectivity index (χ1v) is 13.2. The number of aromatic nitrogens is 2. The lowest BCUT2D eigenvalue weighted by Gasteiger charge is -2.46. The van der Waals surface area contributed by atoms with Crippen molar-refractivity contribution in [1.29, 1.82) is 0 Å². The Kier molecular flexibility index (Phi) is 7.24. The fourth-order valence-electron chi connectivity index (χ4n) is 4.88. The van der Waals surface area contributed by atoms with Crippen molar-refractivity contribution in [3.8, 4) is 0 Å². The van der Waals surface area contributed by atoms with Crippen molar-refractivity contribution in [3.05, 3.63) is 11.4 Å². The molecule has 1 aromatic rings. The molecule has 3 fully saturated rings. The lowest BCUT2D eigenvalue weighted by atomic mass is 9.82. The van der Waals surface area contributed by atoms with E-state index in [0.29, 0.717) is 16.4 Å². The molecule has 0 bridgehead atoms. The van der Waals surface area contributed by atoms with Gasteiger partial charge in [-0.05, 0) is 81.6 Å². The molecule has 0 radical (unpaired) electrons. The number of carboxylic acids is 1. The quantitative estimate of drug-likeness (QED) is 0.500. The lowest BCUT2D eigenvalue weighted by molar-refractivity contribution is -0.133. The minimum atomic E-state index is -0.824. The van der Waals surface area contributed by atoms with Gasteiger partial charge in [0, 0.05) is 12.1 Å². The van der Waals surface area contributed by atoms with Crippen molar-refractivity contribution in [2.45, 2.75) is 94.5 Å². The molecule has 0 spiro atoms. The van der Waals surface area contributed by atoms with Crippen molar-refractivity contribution < 1.29 is 9.90 Å². The first-order chi connectivity index (χ1) is 14.5. The number of thioether (sulfide) groups is 1. The average Bonchev–Trinajstić information content (AvgIpc) is 3.48. The highest BCUT2D eigenvalue weighted by Gasteiger charge is 2.36. The number of aliphatic carboxylic acids is 1. The van der Waals surface area contributed by atoms with Gasteiger partial charge in [-0.3, -0.25) is 4.79 Å². The largest absolute Gasteiger partial charge is 0.481 e. The molecule has 6 nitrogen and oxygen atoms in total. The van der Waals surface area contributed by atoms with E-state index in [4.69, 9.17) is 5.11 Å². The van der Waals surface area contributed by atoms with Gasteiger partial charge in [0.05, 0.1) is 5.75 Å². The van der Waals surface area contributed by atoms with Crippen LogP contribution in [0.2, 0.25) is 0 Å². The highest BCUT2D eigenvalue weighted by Crippen LogP contribution is 2.41. The number of allylic oxidation sites excluding steroid dienone is 1. The van der Waals surface area contributed by atoms with E-state index in [2.05, 4.69) is 34.3 Å². The third-order valence-corrected chi connectivity index (χ3v) is 8.76. The normalized spacial score (nSPS) is 28.8. The second kappa shape index (κ2) is 9.90. The topological polar surface area (TPSA) is 78.3 Å². The standard InChI is InChI=1S/C22H34N4O2S2/c1-14-3-9-17(10-4-14)26(18-11-5-15(2)6-12-18)20(16-7-8-16)23-21-24-25-22(30-21)29-13-19(27)28/h14-15,17-18H,3-13H2,1-2H3,(H,23,24)(H,27,28). The molecule has 0 amide bonds. The van der Waals surface area contributed by atoms with Gasteiger partial charge in [0.25, 0.3) is 0 Å². The molecule has 0 aliphatic heterocycles. The van der Waals surface area contributed by atoms with Crippen LogP contribution >= 0.6 is 23.1 Å². The Balaban J connectivity index is 1.52. The third kappa shape index (κ3) is 5.69. The van der Waals surface area contributed by atoms with Gasteiger partial charge in [0.1, 0.15) is 5.82 Å². The molecule has 30 heavy (non-hydrogen) atoms. The smallest absolute Gasteiger partial charge is 0.313 e. The van der Waals surface area contributed by atoms with Crippen molar-refractivity contribution in [2.75, 3.05) is 11.1 Å². The van der Waals surface area contributed by atoms with Crippen LogP contribution in [0.3, 0.4) is 0 Å². The summed E-state index contributed by atoms with van der Waals surface area (Å²) in [6.07, 6.45) is 12.7. The van der Waals surface area contributed by atoms with E-state index in [1.165, 1.54) is 98.7 Å². The number of nitrogens with zero attached hydrogens (tertiary/aromatic N) is 3. The van der Waals surface area contributed by atoms with Gasteiger partial charge in [-0.15, -0.1) is 10.2 Å². The number of carboxylic acid groups (broad SMARTS) is 1. The number of rotatable bonds is 8. The molecule has 2 N–H and O–H groups in total. The van der Waals surface area contributed by atoms with E-state index in [-0.39, 0.29) is 5.75 Å². The van der Waals surface area contributed by atoms with E-state index < -0.39 is 5.97 Å². The lowest BCUT2D eigenvalue weighted by Crippen LogP contribution is -2.47. The van der Waals surface area contributed by atoms with Crippen LogP contribution in [0.1, 0.15) is 78.1 Å². The zero-order chi connectivity index (χ0) is 21.1. The van der Waals surface area contributed by atoms with Crippen molar-refractivity contribution in [1.82, 2.24) is 15.1 Å². The SMILES string of the molecule is CC1CCC(N(C(Nc2nnc(SCC(=O)O)s2)=C2CC2)C2CCC(C)CC2)CC1. The highest BCUT2D eigenvalue weighted by atomic mass is 32.2. The summed E-state index contributed by atoms with van der Waals surface area (Å²) in [5.74, 6) is 2.18. The summed E-state index contributed by atoms with van der Waals surface area (Å²) < 4.78 is 0.713. The van der Waals surface area contributed by atoms with Gasteiger partial charge in [-0.2, -0.15) is 0 Å². The summed E-state index contributed by atoms with van der Waals surface area (Å²) in [4.78, 5) is 13.6. The molecule has 1 aromatic heterocycles. The van der Waals surface area contributed by atoms with Crippen LogP contribution < -0.4 is 5.32 Å². The number of hydrogen-bond donors (Lipinski definition) is 2. The van der Waals surface area contributed by atoms with Gasteiger partial charge in [-0.25, -0.2) is 0 Å². The zero-order valence-electron chi connectivity index (χ0n) is 18.1. The third-order valence-electron chi connectivity index (χ3n) is 6.80. The van der Waals surface area contributed by atoms with E-state index in [0.717, 1.165) is 17.0 Å². The minimum Gasteiger partial charge on any atom is -0.481 e. The Hall–Kier alpha value is -1.28. The number of nitrogens with one attached hydrogen (secondary N) is 1. The maximum atomic E-state index is 10.8. The molecule has 166 valence electrons. The Morgan fingerprint density at radius 2 is 1.60 bits per heavy atom. The van der Waals surface area contributed by atoms with Crippen molar-refractivity contribution >= 4 is 34.2 Å². The van der Waals surface area contributed by atoms with Crippen LogP contribution in [0.25, 0.3) is 0 Å². The predicted molar refractivity (Wildman–Crippen MR) is 123 cm³/mol. The summed E-state index contributed by atoms with van der Waals surface area (Å²) in [6.45, 7) is 4.78. The fraction of sp³-hybridized carbons (Fsp3) is 0.773. The van der Waals surface area contributed by atoms with Crippen LogP contribution in [0.5, 0.6) is 0 Å². The first-order valence-electron chi connectivity index (χ1n) is 11.4. The molecule has 3 saturated carbocycles. The summed E-state index contributed by atoms with van der Waals surface area (Å²) in [6, 6.07) is 1.23. The van der Waals surface area contributed by atoms with Crippen LogP contribution in [0, 0.1) is 11.8 Å². The second-order valence-electron chi connectivity index (χ2n) is 9.37. The van der Waals surface area contributed by atoms with Gasteiger partial charge < -0.3 is 15.3 Å². The average molecular weight is 451 g/mol. The molecular weight excluding hydrogens is 416 g/mol. The van der Waals surface area contributed by atoms with E-state index in [9.17, 15) is 4.79 Å². The summed E-state index contributed by atoms with van der Waals surface area (Å²) >= 11 is 2.71. The molecule has 3 aliphatic rings. The number of hydrogen-bond acceptors (Lipinski definition) is 7. The van der Waals surface area contributed by atoms with Crippen molar-refractivity contribution in [3.63, 3.8) is 0 Å². The summed E-state index contributed by atoms with van der Waals surface area (Å²) in [5, 5.41) is 21.9. The van der Waals surface area contributed by atoms with E-state index in [1.54, 1.807) is 0 Å². The molecule has 1 heterocycles. The Labute approximate surface area is 187 Å². The van der Waals surface area contributed by atoms with Crippen LogP contribution in [0.4, 0.5) is 5.13 Å². The minimum absolute atomic E-state index is 0.0230. The maximum Gasteiger partial charge on any atom is 0.313 e. The Morgan fingerprint density at radius 1 is 1.03 bits per heavy atom. The van der Waals surface area contributed by atoms with Gasteiger partial charge >= 0.3 is 5.97 Å². The Bertz CT molecular complexity index is 737. The summed E-state index contributed by atoms with van der Waals surface area (Å²) in [7, 11) is 0. The van der Waals surface area contributed by atoms with Crippen LogP contribution in [-0.4, -0.2) is 44.0 Å². The number of anilines is 1. The van der Waals surface area contributed by atoms with Gasteiger partial charge in [0.2, 0.25) is 5.13 Å². The highest BCUT2D eigenvalue weighted by molar-refractivity contribution is 8.01. The molecule has 8 heteroatoms. The Morgan fingerprint density at radius 3 is 2.10 bits per heavy atom. The fourth-order valence-corrected chi connectivity index (χ4v) is 6.35. The molecular formula is C22H34N4O2S2.